The van der Waals surface area contributed by atoms with Gasteiger partial charge in [0, 0.05) is 6.42 Å². The highest BCUT2D eigenvalue weighted by Crippen LogP contribution is 2.30. The third-order valence-corrected chi connectivity index (χ3v) is 3.28. The van der Waals surface area contributed by atoms with Crippen LogP contribution in [0.1, 0.15) is 17.5 Å². The highest BCUT2D eigenvalue weighted by Gasteiger charge is 2.15. The van der Waals surface area contributed by atoms with Crippen molar-refractivity contribution in [2.24, 2.45) is 0 Å². The lowest BCUT2D eigenvalue weighted by Gasteiger charge is -2.07. The van der Waals surface area contributed by atoms with E-state index in [1.165, 1.54) is 5.56 Å². The molecule has 0 spiro atoms. The van der Waals surface area contributed by atoms with Gasteiger partial charge in [0.25, 0.3) is 10.1 Å². The molecule has 94 valence electrons. The molecule has 0 aromatic heterocycles. The average molecular weight is 256 g/mol. The predicted molar refractivity (Wildman–Crippen MR) is 64.8 cm³/mol. The molecule has 0 aliphatic carbocycles. The minimum atomic E-state index is -3.32. The fraction of sp³-hybridized carbons (Fsp3) is 0.500. The average Bonchev–Trinajstić information content (AvgIpc) is 2.71. The van der Waals surface area contributed by atoms with Crippen molar-refractivity contribution >= 4 is 10.1 Å². The molecule has 5 heteroatoms. The van der Waals surface area contributed by atoms with Crippen LogP contribution in [0.2, 0.25) is 0 Å². The topological polar surface area (TPSA) is 52.6 Å². The second-order valence-corrected chi connectivity index (χ2v) is 5.78. The fourth-order valence-electron chi connectivity index (χ4n) is 1.95. The highest BCUT2D eigenvalue weighted by atomic mass is 32.2. The van der Waals surface area contributed by atoms with Crippen molar-refractivity contribution in [2.75, 3.05) is 19.5 Å². The van der Waals surface area contributed by atoms with Crippen LogP contribution < -0.4 is 4.74 Å². The van der Waals surface area contributed by atoms with E-state index < -0.39 is 10.1 Å². The van der Waals surface area contributed by atoms with E-state index in [0.717, 1.165) is 37.0 Å². The summed E-state index contributed by atoms with van der Waals surface area (Å²) in [5, 5.41) is 0. The maximum absolute atomic E-state index is 10.8. The SMILES string of the molecule is CS(=O)(=O)OCCCc1cccc2c1OCC2. The Morgan fingerprint density at radius 3 is 3.00 bits per heavy atom. The van der Waals surface area contributed by atoms with E-state index in [0.29, 0.717) is 6.42 Å². The Morgan fingerprint density at radius 2 is 2.24 bits per heavy atom. The minimum absolute atomic E-state index is 0.225. The summed E-state index contributed by atoms with van der Waals surface area (Å²) in [5.74, 6) is 0.979. The second-order valence-electron chi connectivity index (χ2n) is 4.13. The number of hydrogen-bond donors (Lipinski definition) is 0. The van der Waals surface area contributed by atoms with Gasteiger partial charge in [-0.1, -0.05) is 18.2 Å². The summed E-state index contributed by atoms with van der Waals surface area (Å²) in [6, 6.07) is 6.10. The normalized spacial score (nSPS) is 14.4. The number of benzene rings is 1. The van der Waals surface area contributed by atoms with Crippen LogP contribution in [-0.2, 0) is 27.1 Å². The van der Waals surface area contributed by atoms with Crippen LogP contribution in [0.3, 0.4) is 0 Å². The molecule has 0 fully saturated rings. The van der Waals surface area contributed by atoms with Crippen molar-refractivity contribution in [3.05, 3.63) is 29.3 Å². The number of fused-ring (bicyclic) bond motifs is 1. The first-order valence-electron chi connectivity index (χ1n) is 5.64. The Bertz CT molecular complexity index is 493. The van der Waals surface area contributed by atoms with Crippen LogP contribution in [0.4, 0.5) is 0 Å². The minimum Gasteiger partial charge on any atom is -0.493 e. The summed E-state index contributed by atoms with van der Waals surface area (Å²) >= 11 is 0. The Morgan fingerprint density at radius 1 is 1.41 bits per heavy atom. The van der Waals surface area contributed by atoms with Crippen molar-refractivity contribution in [3.63, 3.8) is 0 Å². The zero-order chi connectivity index (χ0) is 12.3. The zero-order valence-electron chi connectivity index (χ0n) is 9.81. The smallest absolute Gasteiger partial charge is 0.264 e. The van der Waals surface area contributed by atoms with Crippen LogP contribution in [0.25, 0.3) is 0 Å². The number of para-hydroxylation sites is 1. The van der Waals surface area contributed by atoms with Gasteiger partial charge in [0.2, 0.25) is 0 Å². The van der Waals surface area contributed by atoms with E-state index >= 15 is 0 Å². The van der Waals surface area contributed by atoms with E-state index in [9.17, 15) is 8.42 Å². The summed E-state index contributed by atoms with van der Waals surface area (Å²) in [5.41, 5.74) is 2.38. The summed E-state index contributed by atoms with van der Waals surface area (Å²) in [4.78, 5) is 0. The predicted octanol–water partition coefficient (Wildman–Crippen LogP) is 1.53. The molecule has 0 saturated carbocycles. The summed E-state index contributed by atoms with van der Waals surface area (Å²) < 4.78 is 31.8. The maximum Gasteiger partial charge on any atom is 0.264 e. The standard InChI is InChI=1S/C12H16O4S/c1-17(13,14)16-8-3-6-10-4-2-5-11-7-9-15-12(10)11/h2,4-5H,3,6-9H2,1H3. The van der Waals surface area contributed by atoms with E-state index in [1.807, 2.05) is 12.1 Å². The molecular weight excluding hydrogens is 240 g/mol. The quantitative estimate of drug-likeness (QED) is 0.592. The van der Waals surface area contributed by atoms with Gasteiger partial charge in [0.05, 0.1) is 19.5 Å². The van der Waals surface area contributed by atoms with Crippen molar-refractivity contribution < 1.29 is 17.3 Å². The lowest BCUT2D eigenvalue weighted by molar-refractivity contribution is 0.313. The van der Waals surface area contributed by atoms with Crippen LogP contribution >= 0.6 is 0 Å². The molecule has 0 N–H and O–H groups in total. The molecule has 1 aliphatic heterocycles. The molecule has 1 aliphatic rings. The summed E-state index contributed by atoms with van der Waals surface area (Å²) in [7, 11) is -3.32. The Kier molecular flexibility index (Phi) is 3.69. The van der Waals surface area contributed by atoms with Crippen molar-refractivity contribution in [1.82, 2.24) is 0 Å². The van der Waals surface area contributed by atoms with Gasteiger partial charge in [-0.3, -0.25) is 4.18 Å². The number of hydrogen-bond acceptors (Lipinski definition) is 4. The lowest BCUT2D eigenvalue weighted by atomic mass is 10.0. The third kappa shape index (κ3) is 3.44. The van der Waals surface area contributed by atoms with Gasteiger partial charge in [-0.05, 0) is 24.0 Å². The molecule has 0 bridgehead atoms. The number of rotatable bonds is 5. The largest absolute Gasteiger partial charge is 0.493 e. The van der Waals surface area contributed by atoms with Crippen LogP contribution in [0.5, 0.6) is 5.75 Å². The Labute approximate surface area is 102 Å². The van der Waals surface area contributed by atoms with Crippen molar-refractivity contribution in [1.29, 1.82) is 0 Å². The van der Waals surface area contributed by atoms with Crippen LogP contribution in [0, 0.1) is 0 Å². The third-order valence-electron chi connectivity index (χ3n) is 2.68. The van der Waals surface area contributed by atoms with E-state index in [1.54, 1.807) is 0 Å². The first-order chi connectivity index (χ1) is 8.06. The molecule has 0 atom stereocenters. The number of ether oxygens (including phenoxy) is 1. The van der Waals surface area contributed by atoms with Gasteiger partial charge < -0.3 is 4.74 Å². The summed E-state index contributed by atoms with van der Waals surface area (Å²) in [6.07, 6.45) is 3.48. The van der Waals surface area contributed by atoms with E-state index in [2.05, 4.69) is 6.07 Å². The van der Waals surface area contributed by atoms with Gasteiger partial charge in [-0.25, -0.2) is 0 Å². The van der Waals surface area contributed by atoms with E-state index in [4.69, 9.17) is 8.92 Å². The van der Waals surface area contributed by atoms with E-state index in [-0.39, 0.29) is 6.61 Å². The highest BCUT2D eigenvalue weighted by molar-refractivity contribution is 7.85. The van der Waals surface area contributed by atoms with Crippen LogP contribution in [-0.4, -0.2) is 27.9 Å². The van der Waals surface area contributed by atoms with Gasteiger partial charge in [0.1, 0.15) is 5.75 Å². The first kappa shape index (κ1) is 12.4. The molecule has 4 nitrogen and oxygen atoms in total. The molecule has 0 unspecified atom stereocenters. The molecule has 2 rings (SSSR count). The molecule has 17 heavy (non-hydrogen) atoms. The number of aryl methyl sites for hydroxylation is 1. The molecule has 0 saturated heterocycles. The van der Waals surface area contributed by atoms with Gasteiger partial charge in [-0.15, -0.1) is 0 Å². The first-order valence-corrected chi connectivity index (χ1v) is 7.46. The Balaban J connectivity index is 1.90. The lowest BCUT2D eigenvalue weighted by Crippen LogP contribution is -2.05. The molecule has 1 heterocycles. The van der Waals surface area contributed by atoms with Crippen LogP contribution in [0.15, 0.2) is 18.2 Å². The fourth-order valence-corrected chi connectivity index (χ4v) is 2.37. The Hall–Kier alpha value is -1.07. The van der Waals surface area contributed by atoms with Gasteiger partial charge in [-0.2, -0.15) is 8.42 Å². The van der Waals surface area contributed by atoms with Crippen molar-refractivity contribution in [3.8, 4) is 5.75 Å². The zero-order valence-corrected chi connectivity index (χ0v) is 10.6. The molecular formula is C12H16O4S. The molecule has 0 amide bonds. The molecule has 1 aromatic rings. The van der Waals surface area contributed by atoms with Gasteiger partial charge in [0.15, 0.2) is 0 Å². The molecule has 0 radical (unpaired) electrons. The summed E-state index contributed by atoms with van der Waals surface area (Å²) in [6.45, 7) is 0.967. The second kappa shape index (κ2) is 5.06. The van der Waals surface area contributed by atoms with Gasteiger partial charge >= 0.3 is 0 Å². The monoisotopic (exact) mass is 256 g/mol. The van der Waals surface area contributed by atoms with Crippen molar-refractivity contribution in [2.45, 2.75) is 19.3 Å². The molecule has 1 aromatic carbocycles. The maximum atomic E-state index is 10.8.